The monoisotopic (exact) mass is 222 g/mol. The smallest absolute Gasteiger partial charge is 0.105 e. The minimum Gasteiger partial charge on any atom is -0.469 e. The van der Waals surface area contributed by atoms with E-state index in [-0.39, 0.29) is 0 Å². The molecule has 16 heavy (non-hydrogen) atoms. The summed E-state index contributed by atoms with van der Waals surface area (Å²) in [4.78, 5) is 0. The molecule has 90 valence electrons. The average Bonchev–Trinajstić information content (AvgIpc) is 2.96. The van der Waals surface area contributed by atoms with Gasteiger partial charge in [0.1, 0.15) is 5.76 Å². The van der Waals surface area contributed by atoms with E-state index in [9.17, 15) is 0 Å². The van der Waals surface area contributed by atoms with Gasteiger partial charge in [0, 0.05) is 12.5 Å². The van der Waals surface area contributed by atoms with Crippen molar-refractivity contribution in [3.63, 3.8) is 0 Å². The molecule has 1 fully saturated rings. The molecule has 1 saturated carbocycles. The van der Waals surface area contributed by atoms with Crippen molar-refractivity contribution in [3.05, 3.63) is 24.2 Å². The van der Waals surface area contributed by atoms with Crippen LogP contribution in [0.4, 0.5) is 0 Å². The predicted molar refractivity (Wildman–Crippen MR) is 64.6 cm³/mol. The third kappa shape index (κ3) is 2.66. The van der Waals surface area contributed by atoms with Crippen LogP contribution in [0.2, 0.25) is 0 Å². The Morgan fingerprint density at radius 2 is 2.44 bits per heavy atom. The topological polar surface area (TPSA) is 51.2 Å². The van der Waals surface area contributed by atoms with E-state index in [1.54, 1.807) is 6.26 Å². The maximum absolute atomic E-state index is 5.66. The number of rotatable bonds is 5. The van der Waals surface area contributed by atoms with Gasteiger partial charge in [0.15, 0.2) is 0 Å². The summed E-state index contributed by atoms with van der Waals surface area (Å²) in [5.41, 5.74) is 2.97. The molecular weight excluding hydrogens is 200 g/mol. The molecule has 3 nitrogen and oxygen atoms in total. The number of nitrogens with two attached hydrogens (primary N) is 1. The van der Waals surface area contributed by atoms with E-state index in [1.165, 1.54) is 25.7 Å². The molecule has 1 aliphatic rings. The van der Waals surface area contributed by atoms with Gasteiger partial charge in [-0.05, 0) is 36.8 Å². The van der Waals surface area contributed by atoms with Crippen LogP contribution in [0.15, 0.2) is 22.8 Å². The van der Waals surface area contributed by atoms with E-state index >= 15 is 0 Å². The van der Waals surface area contributed by atoms with Crippen molar-refractivity contribution >= 4 is 0 Å². The van der Waals surface area contributed by atoms with E-state index in [0.29, 0.717) is 12.0 Å². The van der Waals surface area contributed by atoms with Crippen LogP contribution in [-0.2, 0) is 6.42 Å². The van der Waals surface area contributed by atoms with Crippen LogP contribution in [0.1, 0.15) is 38.4 Å². The summed E-state index contributed by atoms with van der Waals surface area (Å²) in [6, 6.07) is 4.32. The van der Waals surface area contributed by atoms with Gasteiger partial charge in [0.05, 0.1) is 6.26 Å². The fraction of sp³-hybridized carbons (Fsp3) is 0.692. The second-order valence-electron chi connectivity index (χ2n) is 4.90. The average molecular weight is 222 g/mol. The third-order valence-corrected chi connectivity index (χ3v) is 3.94. The van der Waals surface area contributed by atoms with Gasteiger partial charge in [-0.15, -0.1) is 0 Å². The van der Waals surface area contributed by atoms with Gasteiger partial charge in [0.25, 0.3) is 0 Å². The maximum atomic E-state index is 5.66. The van der Waals surface area contributed by atoms with E-state index in [1.807, 2.05) is 12.1 Å². The molecule has 0 amide bonds. The molecule has 1 aromatic rings. The van der Waals surface area contributed by atoms with Crippen molar-refractivity contribution in [1.29, 1.82) is 0 Å². The first-order valence-corrected chi connectivity index (χ1v) is 6.32. The van der Waals surface area contributed by atoms with Gasteiger partial charge < -0.3 is 4.42 Å². The van der Waals surface area contributed by atoms with Crippen molar-refractivity contribution < 1.29 is 4.42 Å². The van der Waals surface area contributed by atoms with Crippen molar-refractivity contribution in [2.75, 3.05) is 0 Å². The van der Waals surface area contributed by atoms with Gasteiger partial charge in [-0.3, -0.25) is 11.3 Å². The SMILES string of the molecule is CCC1CCC(C(Cc2ccco2)NN)C1. The normalized spacial score (nSPS) is 27.1. The first-order valence-electron chi connectivity index (χ1n) is 6.32. The van der Waals surface area contributed by atoms with E-state index in [4.69, 9.17) is 10.3 Å². The van der Waals surface area contributed by atoms with Crippen LogP contribution < -0.4 is 11.3 Å². The van der Waals surface area contributed by atoms with Crippen molar-refractivity contribution in [1.82, 2.24) is 5.43 Å². The van der Waals surface area contributed by atoms with Gasteiger partial charge in [-0.25, -0.2) is 0 Å². The Morgan fingerprint density at radius 1 is 1.56 bits per heavy atom. The number of nitrogens with one attached hydrogen (secondary N) is 1. The Kier molecular flexibility index (Phi) is 4.02. The summed E-state index contributed by atoms with van der Waals surface area (Å²) in [5.74, 6) is 8.30. The molecule has 3 heteroatoms. The van der Waals surface area contributed by atoms with Crippen LogP contribution in [-0.4, -0.2) is 6.04 Å². The van der Waals surface area contributed by atoms with Crippen LogP contribution in [0.25, 0.3) is 0 Å². The molecule has 0 bridgehead atoms. The molecule has 0 aliphatic heterocycles. The third-order valence-electron chi connectivity index (χ3n) is 3.94. The zero-order chi connectivity index (χ0) is 11.4. The molecule has 3 unspecified atom stereocenters. The second kappa shape index (κ2) is 5.51. The maximum Gasteiger partial charge on any atom is 0.105 e. The minimum atomic E-state index is 0.364. The second-order valence-corrected chi connectivity index (χ2v) is 4.90. The molecule has 3 atom stereocenters. The molecule has 1 aliphatic carbocycles. The molecule has 0 aromatic carbocycles. The van der Waals surface area contributed by atoms with Gasteiger partial charge in [0.2, 0.25) is 0 Å². The highest BCUT2D eigenvalue weighted by Gasteiger charge is 2.29. The lowest BCUT2D eigenvalue weighted by Crippen LogP contribution is -2.41. The first-order chi connectivity index (χ1) is 7.83. The standard InChI is InChI=1S/C13H22N2O/c1-2-10-5-6-11(8-10)13(15-14)9-12-4-3-7-16-12/h3-4,7,10-11,13,15H,2,5-6,8-9,14H2,1H3. The zero-order valence-electron chi connectivity index (χ0n) is 9.99. The van der Waals surface area contributed by atoms with Crippen LogP contribution in [0.5, 0.6) is 0 Å². The van der Waals surface area contributed by atoms with Crippen molar-refractivity contribution in [2.24, 2.45) is 17.7 Å². The summed E-state index contributed by atoms with van der Waals surface area (Å²) in [7, 11) is 0. The Bertz CT molecular complexity index is 297. The lowest BCUT2D eigenvalue weighted by molar-refractivity contribution is 0.329. The quantitative estimate of drug-likeness (QED) is 0.594. The summed E-state index contributed by atoms with van der Waals surface area (Å²) in [6.45, 7) is 2.28. The van der Waals surface area contributed by atoms with E-state index < -0.39 is 0 Å². The summed E-state index contributed by atoms with van der Waals surface area (Å²) < 4.78 is 5.38. The van der Waals surface area contributed by atoms with Crippen LogP contribution >= 0.6 is 0 Å². The highest BCUT2D eigenvalue weighted by Crippen LogP contribution is 2.35. The Balaban J connectivity index is 1.90. The molecule has 1 heterocycles. The molecule has 1 aromatic heterocycles. The number of hydrogen-bond donors (Lipinski definition) is 2. The van der Waals surface area contributed by atoms with Gasteiger partial charge in [-0.2, -0.15) is 0 Å². The molecule has 2 rings (SSSR count). The molecule has 0 spiro atoms. The van der Waals surface area contributed by atoms with Gasteiger partial charge >= 0.3 is 0 Å². The van der Waals surface area contributed by atoms with E-state index in [0.717, 1.165) is 18.1 Å². The lowest BCUT2D eigenvalue weighted by Gasteiger charge is -2.22. The predicted octanol–water partition coefficient (Wildman–Crippen LogP) is 2.48. The number of hydrogen-bond acceptors (Lipinski definition) is 3. The van der Waals surface area contributed by atoms with Crippen LogP contribution in [0, 0.1) is 11.8 Å². The van der Waals surface area contributed by atoms with Gasteiger partial charge in [-0.1, -0.05) is 19.8 Å². The molecular formula is C13H22N2O. The molecule has 0 radical (unpaired) electrons. The number of furan rings is 1. The van der Waals surface area contributed by atoms with Crippen LogP contribution in [0.3, 0.4) is 0 Å². The lowest BCUT2D eigenvalue weighted by atomic mass is 9.93. The van der Waals surface area contributed by atoms with Crippen molar-refractivity contribution in [2.45, 2.75) is 45.1 Å². The zero-order valence-corrected chi connectivity index (χ0v) is 9.99. The Morgan fingerprint density at radius 3 is 3.00 bits per heavy atom. The minimum absolute atomic E-state index is 0.364. The fourth-order valence-electron chi connectivity index (χ4n) is 2.86. The van der Waals surface area contributed by atoms with E-state index in [2.05, 4.69) is 12.3 Å². The largest absolute Gasteiger partial charge is 0.469 e. The Hall–Kier alpha value is -0.800. The van der Waals surface area contributed by atoms with Crippen molar-refractivity contribution in [3.8, 4) is 0 Å². The summed E-state index contributed by atoms with van der Waals surface area (Å²) in [6.07, 6.45) is 7.91. The highest BCUT2D eigenvalue weighted by molar-refractivity contribution is 5.01. The summed E-state index contributed by atoms with van der Waals surface area (Å²) in [5, 5.41) is 0. The molecule has 3 N–H and O–H groups in total. The number of hydrazine groups is 1. The molecule has 0 saturated heterocycles. The highest BCUT2D eigenvalue weighted by atomic mass is 16.3. The Labute approximate surface area is 97.4 Å². The fourth-order valence-corrected chi connectivity index (χ4v) is 2.86. The summed E-state index contributed by atoms with van der Waals surface area (Å²) >= 11 is 0. The first kappa shape index (κ1) is 11.7.